The molecule has 1 aliphatic carbocycles. The molecule has 1 aromatic rings. The van der Waals surface area contributed by atoms with Crippen LogP contribution in [-0.2, 0) is 18.9 Å². The van der Waals surface area contributed by atoms with Gasteiger partial charge in [-0.05, 0) is 42.0 Å². The molecule has 2 heterocycles. The first-order chi connectivity index (χ1) is 16.2. The lowest BCUT2D eigenvalue weighted by Gasteiger charge is -2.44. The maximum atomic E-state index is 12.6. The van der Waals surface area contributed by atoms with Crippen molar-refractivity contribution < 1.29 is 59.5 Å². The van der Waals surface area contributed by atoms with Gasteiger partial charge >= 0.3 is 5.97 Å². The van der Waals surface area contributed by atoms with E-state index >= 15 is 0 Å². The van der Waals surface area contributed by atoms with Crippen molar-refractivity contribution in [2.75, 3.05) is 13.2 Å². The third kappa shape index (κ3) is 4.30. The van der Waals surface area contributed by atoms with Crippen molar-refractivity contribution >= 4 is 5.97 Å². The molecule has 0 bridgehead atoms. The summed E-state index contributed by atoms with van der Waals surface area (Å²) in [6, 6.07) is 5.29. The number of hydrogen-bond donors (Lipinski definition) is 7. The number of aromatic hydroxyl groups is 1. The molecule has 34 heavy (non-hydrogen) atoms. The number of fused-ring (bicyclic) bond motifs is 1. The number of carbonyl (C=O) groups excluding carboxylic acids is 1. The first kappa shape index (κ1) is 24.6. The molecule has 186 valence electrons. The molecule has 0 radical (unpaired) electrons. The first-order valence-corrected chi connectivity index (χ1v) is 10.5. The van der Waals surface area contributed by atoms with E-state index in [1.54, 1.807) is 0 Å². The van der Waals surface area contributed by atoms with Crippen LogP contribution < -0.4 is 0 Å². The molecule has 9 atom stereocenters. The lowest BCUT2D eigenvalue weighted by Crippen LogP contribution is -2.61. The second kappa shape index (κ2) is 9.60. The third-order valence-electron chi connectivity index (χ3n) is 6.18. The Balaban J connectivity index is 1.54. The normalized spacial score (nSPS) is 39.2. The van der Waals surface area contributed by atoms with Crippen LogP contribution in [0.1, 0.15) is 10.4 Å². The Morgan fingerprint density at radius 2 is 1.74 bits per heavy atom. The summed E-state index contributed by atoms with van der Waals surface area (Å²) in [5.41, 5.74) is -1.57. The third-order valence-corrected chi connectivity index (χ3v) is 6.18. The molecular formula is C22H26O12. The highest BCUT2D eigenvalue weighted by Crippen LogP contribution is 2.45. The van der Waals surface area contributed by atoms with Gasteiger partial charge in [-0.1, -0.05) is 0 Å². The Morgan fingerprint density at radius 1 is 1.03 bits per heavy atom. The average molecular weight is 482 g/mol. The van der Waals surface area contributed by atoms with E-state index in [1.165, 1.54) is 36.4 Å². The van der Waals surface area contributed by atoms with Crippen LogP contribution in [0.3, 0.4) is 0 Å². The molecule has 2 aliphatic heterocycles. The maximum absolute atomic E-state index is 12.6. The quantitative estimate of drug-likeness (QED) is 0.172. The molecular weight excluding hydrogens is 456 g/mol. The summed E-state index contributed by atoms with van der Waals surface area (Å²) in [5, 5.41) is 70.3. The highest BCUT2D eigenvalue weighted by atomic mass is 16.8. The fraction of sp³-hybridized carbons (Fsp3) is 0.500. The van der Waals surface area contributed by atoms with E-state index in [0.717, 1.165) is 6.26 Å². The monoisotopic (exact) mass is 482 g/mol. The minimum Gasteiger partial charge on any atom is -0.508 e. The molecule has 0 unspecified atom stereocenters. The van der Waals surface area contributed by atoms with Crippen LogP contribution in [0, 0.1) is 5.92 Å². The van der Waals surface area contributed by atoms with Crippen molar-refractivity contribution in [1.82, 2.24) is 0 Å². The standard InChI is InChI=1S/C22H26O12/c23-8-11-7-14(33-19(29)10-1-3-12(25)4-2-10)22(30)5-6-31-20(15(11)22)34-21-18(28)17(27)16(26)13(9-24)32-21/h1-7,13-18,20-21,23-28,30H,8-9H2/t13-,14+,15-,16+,17+,18+,20+,21+,22-/m0/s1. The molecule has 0 saturated carbocycles. The molecule has 1 fully saturated rings. The lowest BCUT2D eigenvalue weighted by molar-refractivity contribution is -0.344. The van der Waals surface area contributed by atoms with Gasteiger partial charge in [0.05, 0.1) is 31.0 Å². The summed E-state index contributed by atoms with van der Waals surface area (Å²) >= 11 is 0. The van der Waals surface area contributed by atoms with Gasteiger partial charge in [0.15, 0.2) is 12.4 Å². The van der Waals surface area contributed by atoms with Crippen LogP contribution >= 0.6 is 0 Å². The van der Waals surface area contributed by atoms with E-state index in [4.69, 9.17) is 18.9 Å². The highest BCUT2D eigenvalue weighted by molar-refractivity contribution is 5.89. The Hall–Kier alpha value is -2.55. The second-order valence-corrected chi connectivity index (χ2v) is 8.28. The van der Waals surface area contributed by atoms with Gasteiger partial charge < -0.3 is 54.7 Å². The zero-order valence-electron chi connectivity index (χ0n) is 17.7. The minimum absolute atomic E-state index is 0.0425. The molecule has 0 amide bonds. The van der Waals surface area contributed by atoms with Crippen LogP contribution in [0.2, 0.25) is 0 Å². The van der Waals surface area contributed by atoms with Crippen molar-refractivity contribution in [2.45, 2.75) is 48.7 Å². The summed E-state index contributed by atoms with van der Waals surface area (Å²) < 4.78 is 21.9. The maximum Gasteiger partial charge on any atom is 0.338 e. The van der Waals surface area contributed by atoms with E-state index < -0.39 is 73.8 Å². The molecule has 1 saturated heterocycles. The molecule has 4 rings (SSSR count). The van der Waals surface area contributed by atoms with Gasteiger partial charge in [0.1, 0.15) is 35.8 Å². The van der Waals surface area contributed by atoms with Crippen LogP contribution in [0.4, 0.5) is 0 Å². The van der Waals surface area contributed by atoms with Gasteiger partial charge in [0.2, 0.25) is 6.29 Å². The minimum atomic E-state index is -1.90. The topological polar surface area (TPSA) is 196 Å². The molecule has 12 heteroatoms. The number of carbonyl (C=O) groups is 1. The fourth-order valence-electron chi connectivity index (χ4n) is 4.28. The summed E-state index contributed by atoms with van der Waals surface area (Å²) in [5.74, 6) is -1.94. The smallest absolute Gasteiger partial charge is 0.338 e. The lowest BCUT2D eigenvalue weighted by atomic mass is 9.83. The molecule has 0 spiro atoms. The van der Waals surface area contributed by atoms with E-state index in [-0.39, 0.29) is 16.9 Å². The number of aliphatic hydroxyl groups is 6. The van der Waals surface area contributed by atoms with Crippen molar-refractivity contribution in [3.8, 4) is 5.75 Å². The molecule has 3 aliphatic rings. The number of phenolic OH excluding ortho intramolecular Hbond substituents is 1. The van der Waals surface area contributed by atoms with Gasteiger partial charge in [-0.25, -0.2) is 4.79 Å². The van der Waals surface area contributed by atoms with E-state index in [9.17, 15) is 40.5 Å². The number of esters is 1. The Morgan fingerprint density at radius 3 is 2.38 bits per heavy atom. The number of ether oxygens (including phenoxy) is 4. The van der Waals surface area contributed by atoms with Gasteiger partial charge in [0, 0.05) is 0 Å². The van der Waals surface area contributed by atoms with Gasteiger partial charge in [0.25, 0.3) is 0 Å². The summed E-state index contributed by atoms with van der Waals surface area (Å²) in [7, 11) is 0. The van der Waals surface area contributed by atoms with E-state index in [0.29, 0.717) is 0 Å². The van der Waals surface area contributed by atoms with Crippen molar-refractivity contribution in [2.24, 2.45) is 5.92 Å². The van der Waals surface area contributed by atoms with Crippen molar-refractivity contribution in [1.29, 1.82) is 0 Å². The Bertz CT molecular complexity index is 944. The van der Waals surface area contributed by atoms with E-state index in [1.807, 2.05) is 0 Å². The van der Waals surface area contributed by atoms with Gasteiger partial charge in [-0.2, -0.15) is 0 Å². The Kier molecular flexibility index (Phi) is 6.94. The van der Waals surface area contributed by atoms with Crippen LogP contribution in [0.25, 0.3) is 0 Å². The average Bonchev–Trinajstić information content (AvgIpc) is 3.11. The zero-order chi connectivity index (χ0) is 24.6. The first-order valence-electron chi connectivity index (χ1n) is 10.5. The number of benzene rings is 1. The number of phenols is 1. The van der Waals surface area contributed by atoms with Crippen LogP contribution in [-0.4, -0.2) is 104 Å². The summed E-state index contributed by atoms with van der Waals surface area (Å²) in [6.45, 7) is -1.22. The van der Waals surface area contributed by atoms with E-state index in [2.05, 4.69) is 0 Å². The molecule has 0 aromatic heterocycles. The second-order valence-electron chi connectivity index (χ2n) is 8.28. The summed E-state index contributed by atoms with van der Waals surface area (Å²) in [4.78, 5) is 12.6. The number of aliphatic hydroxyl groups excluding tert-OH is 5. The predicted molar refractivity (Wildman–Crippen MR) is 110 cm³/mol. The van der Waals surface area contributed by atoms with Crippen molar-refractivity contribution in [3.63, 3.8) is 0 Å². The number of rotatable bonds is 6. The van der Waals surface area contributed by atoms with Gasteiger partial charge in [-0.3, -0.25) is 0 Å². The van der Waals surface area contributed by atoms with Crippen LogP contribution in [0.15, 0.2) is 48.3 Å². The predicted octanol–water partition coefficient (Wildman–Crippen LogP) is -2.12. The SMILES string of the molecule is O=C(O[C@@H]1C=C(CO)[C@H]2[C@@H](O[C@H]3O[C@@H](CO)[C@@H](O)[C@@H](O)[C@H]3O)OC=C[C@]12O)c1ccc(O)cc1. The largest absolute Gasteiger partial charge is 0.508 e. The molecule has 1 aromatic carbocycles. The molecule has 7 N–H and O–H groups in total. The Labute approximate surface area is 193 Å². The highest BCUT2D eigenvalue weighted by Gasteiger charge is 2.57. The molecule has 12 nitrogen and oxygen atoms in total. The summed E-state index contributed by atoms with van der Waals surface area (Å²) in [6.07, 6.45) is -6.71. The number of hydrogen-bond acceptors (Lipinski definition) is 12. The zero-order valence-corrected chi connectivity index (χ0v) is 17.7. The fourth-order valence-corrected chi connectivity index (χ4v) is 4.28. The van der Waals surface area contributed by atoms with Crippen LogP contribution in [0.5, 0.6) is 5.75 Å². The van der Waals surface area contributed by atoms with Crippen molar-refractivity contribution in [3.05, 3.63) is 53.8 Å². The van der Waals surface area contributed by atoms with Gasteiger partial charge in [-0.15, -0.1) is 0 Å².